The second-order valence-electron chi connectivity index (χ2n) is 11.1. The fourth-order valence-electron chi connectivity index (χ4n) is 6.71. The van der Waals surface area contributed by atoms with E-state index in [1.54, 1.807) is 0 Å². The van der Waals surface area contributed by atoms with E-state index in [2.05, 4.69) is 161 Å². The fourth-order valence-corrected chi connectivity index (χ4v) is 6.71. The molecule has 0 aliphatic carbocycles. The molecule has 0 amide bonds. The van der Waals surface area contributed by atoms with Crippen molar-refractivity contribution >= 4 is 54.4 Å². The van der Waals surface area contributed by atoms with Gasteiger partial charge in [-0.2, -0.15) is 0 Å². The fraction of sp³-hybridized carbons (Fsp3) is 0. The molecule has 7 aromatic carbocycles. The molecule has 0 saturated heterocycles. The Morgan fingerprint density at radius 3 is 1.86 bits per heavy atom. The number of rotatable bonds is 3. The number of hydrogen-bond acceptors (Lipinski definition) is 0. The Labute approximate surface area is 243 Å². The third-order valence-corrected chi connectivity index (χ3v) is 8.73. The van der Waals surface area contributed by atoms with Crippen molar-refractivity contribution in [1.82, 2.24) is 9.55 Å². The van der Waals surface area contributed by atoms with Crippen molar-refractivity contribution in [2.24, 2.45) is 0 Å². The molecule has 2 aromatic heterocycles. The molecule has 2 heterocycles. The third-order valence-electron chi connectivity index (χ3n) is 8.73. The monoisotopic (exact) mass is 534 g/mol. The first kappa shape index (κ1) is 23.1. The summed E-state index contributed by atoms with van der Waals surface area (Å²) >= 11 is 0. The van der Waals surface area contributed by atoms with Gasteiger partial charge >= 0.3 is 0 Å². The predicted octanol–water partition coefficient (Wildman–Crippen LogP) is 10.9. The Morgan fingerprint density at radius 2 is 1.00 bits per heavy atom. The number of para-hydroxylation sites is 1. The van der Waals surface area contributed by atoms with E-state index < -0.39 is 0 Å². The van der Waals surface area contributed by atoms with E-state index in [0.29, 0.717) is 0 Å². The molecule has 0 radical (unpaired) electrons. The lowest BCUT2D eigenvalue weighted by molar-refractivity contribution is 1.18. The summed E-state index contributed by atoms with van der Waals surface area (Å²) < 4.78 is 2.42. The first-order valence-electron chi connectivity index (χ1n) is 14.4. The van der Waals surface area contributed by atoms with Gasteiger partial charge in [0, 0.05) is 38.3 Å². The highest BCUT2D eigenvalue weighted by Crippen LogP contribution is 2.39. The molecular weight excluding hydrogens is 508 g/mol. The van der Waals surface area contributed by atoms with Crippen LogP contribution in [0.15, 0.2) is 152 Å². The van der Waals surface area contributed by atoms with Crippen molar-refractivity contribution in [3.8, 4) is 27.9 Å². The number of aromatic nitrogens is 2. The predicted molar refractivity (Wildman–Crippen MR) is 179 cm³/mol. The number of nitrogens with one attached hydrogen (secondary N) is 1. The van der Waals surface area contributed by atoms with Gasteiger partial charge in [-0.3, -0.25) is 0 Å². The lowest BCUT2D eigenvalue weighted by Crippen LogP contribution is -1.94. The summed E-state index contributed by atoms with van der Waals surface area (Å²) in [7, 11) is 0. The van der Waals surface area contributed by atoms with Gasteiger partial charge in [0.05, 0.1) is 11.0 Å². The standard InChI is InChI=1S/C40H26N2/c1-2-8-26(9-3-1)27-14-19-31(20-15-27)42-38-22-18-30(25-35(38)40-32-11-5-4-10-28(32)17-23-39(40)42)29-16-21-37-34(24-29)33-12-6-7-13-36(33)41-37/h1-25,41H. The van der Waals surface area contributed by atoms with Crippen LogP contribution in [0.1, 0.15) is 0 Å². The Kier molecular flexibility index (Phi) is 4.93. The smallest absolute Gasteiger partial charge is 0.0547 e. The summed E-state index contributed by atoms with van der Waals surface area (Å²) in [5.41, 5.74) is 10.8. The van der Waals surface area contributed by atoms with Crippen LogP contribution in [0.4, 0.5) is 0 Å². The van der Waals surface area contributed by atoms with Crippen LogP contribution >= 0.6 is 0 Å². The maximum Gasteiger partial charge on any atom is 0.0547 e. The van der Waals surface area contributed by atoms with Crippen molar-refractivity contribution in [2.45, 2.75) is 0 Å². The number of H-pyrrole nitrogens is 1. The summed E-state index contributed by atoms with van der Waals surface area (Å²) in [6.07, 6.45) is 0. The first-order chi connectivity index (χ1) is 20.8. The lowest BCUT2D eigenvalue weighted by atomic mass is 9.99. The molecule has 9 aromatic rings. The summed E-state index contributed by atoms with van der Waals surface area (Å²) in [5, 5.41) is 7.63. The van der Waals surface area contributed by atoms with Gasteiger partial charge in [-0.1, -0.05) is 103 Å². The first-order valence-corrected chi connectivity index (χ1v) is 14.4. The second kappa shape index (κ2) is 8.95. The maximum absolute atomic E-state index is 3.56. The van der Waals surface area contributed by atoms with Crippen LogP contribution in [-0.4, -0.2) is 9.55 Å². The van der Waals surface area contributed by atoms with Gasteiger partial charge in [0.1, 0.15) is 0 Å². The van der Waals surface area contributed by atoms with E-state index in [9.17, 15) is 0 Å². The van der Waals surface area contributed by atoms with Gasteiger partial charge < -0.3 is 9.55 Å². The van der Waals surface area contributed by atoms with Gasteiger partial charge in [0.15, 0.2) is 0 Å². The van der Waals surface area contributed by atoms with Crippen molar-refractivity contribution in [2.75, 3.05) is 0 Å². The zero-order chi connectivity index (χ0) is 27.6. The van der Waals surface area contributed by atoms with Crippen molar-refractivity contribution in [3.63, 3.8) is 0 Å². The van der Waals surface area contributed by atoms with E-state index >= 15 is 0 Å². The molecule has 9 rings (SSSR count). The van der Waals surface area contributed by atoms with Crippen LogP contribution in [0.2, 0.25) is 0 Å². The molecule has 0 bridgehead atoms. The highest BCUT2D eigenvalue weighted by molar-refractivity contribution is 6.22. The van der Waals surface area contributed by atoms with Gasteiger partial charge in [0.25, 0.3) is 0 Å². The molecule has 42 heavy (non-hydrogen) atoms. The average Bonchev–Trinajstić information content (AvgIpc) is 3.60. The largest absolute Gasteiger partial charge is 0.355 e. The van der Waals surface area contributed by atoms with E-state index in [-0.39, 0.29) is 0 Å². The van der Waals surface area contributed by atoms with Crippen LogP contribution in [0.3, 0.4) is 0 Å². The molecule has 0 unspecified atom stereocenters. The quantitative estimate of drug-likeness (QED) is 0.233. The molecule has 0 atom stereocenters. The number of benzene rings is 7. The molecule has 0 fully saturated rings. The molecule has 196 valence electrons. The lowest BCUT2D eigenvalue weighted by Gasteiger charge is -2.10. The zero-order valence-corrected chi connectivity index (χ0v) is 22.9. The average molecular weight is 535 g/mol. The molecule has 0 spiro atoms. The Morgan fingerprint density at radius 1 is 0.381 bits per heavy atom. The molecule has 0 aliphatic heterocycles. The van der Waals surface area contributed by atoms with E-state index in [0.717, 1.165) is 5.69 Å². The minimum atomic E-state index is 1.16. The highest BCUT2D eigenvalue weighted by atomic mass is 15.0. The Balaban J connectivity index is 1.28. The van der Waals surface area contributed by atoms with Gasteiger partial charge in [-0.05, 0) is 81.6 Å². The van der Waals surface area contributed by atoms with Crippen molar-refractivity contribution in [1.29, 1.82) is 0 Å². The van der Waals surface area contributed by atoms with Crippen molar-refractivity contribution in [3.05, 3.63) is 152 Å². The van der Waals surface area contributed by atoms with E-state index in [4.69, 9.17) is 0 Å². The van der Waals surface area contributed by atoms with Gasteiger partial charge in [0.2, 0.25) is 0 Å². The molecule has 2 nitrogen and oxygen atoms in total. The molecule has 0 saturated carbocycles. The minimum Gasteiger partial charge on any atom is -0.355 e. The molecule has 1 N–H and O–H groups in total. The zero-order valence-electron chi connectivity index (χ0n) is 22.9. The summed E-state index contributed by atoms with van der Waals surface area (Å²) in [4.78, 5) is 3.56. The summed E-state index contributed by atoms with van der Waals surface area (Å²) in [6, 6.07) is 55.1. The summed E-state index contributed by atoms with van der Waals surface area (Å²) in [6.45, 7) is 0. The van der Waals surface area contributed by atoms with Crippen LogP contribution in [0.25, 0.3) is 82.3 Å². The number of aromatic amines is 1. The number of hydrogen-bond donors (Lipinski definition) is 1. The van der Waals surface area contributed by atoms with Crippen LogP contribution in [0.5, 0.6) is 0 Å². The third kappa shape index (κ3) is 3.45. The SMILES string of the molecule is c1ccc(-c2ccc(-n3c4ccc(-c5ccc6[nH]c7ccccc7c6c5)cc4c4c5ccccc5ccc43)cc2)cc1. The van der Waals surface area contributed by atoms with Crippen molar-refractivity contribution < 1.29 is 0 Å². The highest BCUT2D eigenvalue weighted by Gasteiger charge is 2.16. The number of fused-ring (bicyclic) bond motifs is 8. The second-order valence-corrected chi connectivity index (χ2v) is 11.1. The van der Waals surface area contributed by atoms with E-state index in [1.807, 2.05) is 0 Å². The molecular formula is C40H26N2. The maximum atomic E-state index is 3.56. The van der Waals surface area contributed by atoms with Gasteiger partial charge in [-0.25, -0.2) is 0 Å². The van der Waals surface area contributed by atoms with Crippen LogP contribution in [-0.2, 0) is 0 Å². The van der Waals surface area contributed by atoms with Crippen LogP contribution < -0.4 is 0 Å². The molecule has 0 aliphatic rings. The Bertz CT molecular complexity index is 2440. The molecule has 2 heteroatoms. The topological polar surface area (TPSA) is 20.7 Å². The number of nitrogens with zero attached hydrogens (tertiary/aromatic N) is 1. The minimum absolute atomic E-state index is 1.16. The van der Waals surface area contributed by atoms with E-state index in [1.165, 1.54) is 76.6 Å². The summed E-state index contributed by atoms with van der Waals surface area (Å²) in [5.74, 6) is 0. The Hall–Kier alpha value is -5.60. The normalized spacial score (nSPS) is 11.8. The van der Waals surface area contributed by atoms with Crippen LogP contribution in [0, 0.1) is 0 Å². The van der Waals surface area contributed by atoms with Gasteiger partial charge in [-0.15, -0.1) is 0 Å².